The number of nitrogens with one attached hydrogen (secondary N) is 1. The van der Waals surface area contributed by atoms with Crippen LogP contribution in [0.2, 0.25) is 0 Å². The zero-order chi connectivity index (χ0) is 16.1. The Bertz CT molecular complexity index is 516. The van der Waals surface area contributed by atoms with E-state index in [-0.39, 0.29) is 17.9 Å². The number of piperidine rings is 1. The molecular weight excluding hydrogens is 280 g/mol. The molecule has 1 saturated heterocycles. The summed E-state index contributed by atoms with van der Waals surface area (Å²) in [6.45, 7) is 5.27. The molecule has 1 amide bonds. The number of rotatable bonds is 5. The first-order chi connectivity index (χ1) is 10.5. The van der Waals surface area contributed by atoms with Gasteiger partial charge < -0.3 is 15.3 Å². The fourth-order valence-corrected chi connectivity index (χ4v) is 2.83. The van der Waals surface area contributed by atoms with Gasteiger partial charge in [-0.05, 0) is 12.0 Å². The van der Waals surface area contributed by atoms with Crippen LogP contribution in [0.3, 0.4) is 0 Å². The molecule has 0 bridgehead atoms. The molecule has 0 aromatic heterocycles. The first-order valence-corrected chi connectivity index (χ1v) is 7.76. The summed E-state index contributed by atoms with van der Waals surface area (Å²) in [4.78, 5) is 25.2. The van der Waals surface area contributed by atoms with Gasteiger partial charge >= 0.3 is 5.97 Å². The van der Waals surface area contributed by atoms with Crippen molar-refractivity contribution in [3.05, 3.63) is 35.9 Å². The van der Waals surface area contributed by atoms with Gasteiger partial charge in [-0.15, -0.1) is 0 Å². The topological polar surface area (TPSA) is 69.6 Å². The molecule has 22 heavy (non-hydrogen) atoms. The quantitative estimate of drug-likeness (QED) is 0.869. The van der Waals surface area contributed by atoms with Crippen LogP contribution in [0.4, 0.5) is 0 Å². The molecule has 0 radical (unpaired) electrons. The minimum atomic E-state index is -0.826. The maximum absolute atomic E-state index is 12.2. The molecule has 2 atom stereocenters. The summed E-state index contributed by atoms with van der Waals surface area (Å²) in [5, 5.41) is 12.7. The highest BCUT2D eigenvalue weighted by Gasteiger charge is 2.34. The molecule has 1 aliphatic heterocycles. The third kappa shape index (κ3) is 4.31. The van der Waals surface area contributed by atoms with Gasteiger partial charge in [0.15, 0.2) is 0 Å². The number of carboxylic acids is 1. The highest BCUT2D eigenvalue weighted by Crippen LogP contribution is 2.19. The maximum atomic E-state index is 12.2. The molecule has 0 aliphatic carbocycles. The molecule has 1 aromatic rings. The minimum Gasteiger partial charge on any atom is -0.481 e. The van der Waals surface area contributed by atoms with Gasteiger partial charge in [0.2, 0.25) is 5.91 Å². The number of nitrogens with zero attached hydrogens (tertiary/aromatic N) is 1. The van der Waals surface area contributed by atoms with Crippen molar-refractivity contribution in [1.29, 1.82) is 0 Å². The monoisotopic (exact) mass is 304 g/mol. The third-order valence-electron chi connectivity index (χ3n) is 4.04. The maximum Gasteiger partial charge on any atom is 0.308 e. The number of hydrogen-bond donors (Lipinski definition) is 2. The molecule has 2 unspecified atom stereocenters. The molecule has 1 fully saturated rings. The summed E-state index contributed by atoms with van der Waals surface area (Å²) in [6.07, 6.45) is 0.560. The van der Waals surface area contributed by atoms with E-state index in [1.807, 2.05) is 44.2 Å². The fraction of sp³-hybridized carbons (Fsp3) is 0.529. The lowest BCUT2D eigenvalue weighted by atomic mass is 9.93. The highest BCUT2D eigenvalue weighted by molar-refractivity contribution is 5.79. The van der Waals surface area contributed by atoms with Crippen LogP contribution < -0.4 is 5.32 Å². The number of likely N-dealkylation sites (tertiary alicyclic amines) is 1. The van der Waals surface area contributed by atoms with Crippen LogP contribution in [0, 0.1) is 11.8 Å². The summed E-state index contributed by atoms with van der Waals surface area (Å²) >= 11 is 0. The van der Waals surface area contributed by atoms with Crippen molar-refractivity contribution in [2.24, 2.45) is 11.8 Å². The van der Waals surface area contributed by atoms with Crippen molar-refractivity contribution in [2.45, 2.75) is 32.9 Å². The van der Waals surface area contributed by atoms with E-state index >= 15 is 0 Å². The first-order valence-electron chi connectivity index (χ1n) is 7.76. The summed E-state index contributed by atoms with van der Waals surface area (Å²) in [5.41, 5.74) is 1.15. The molecule has 1 aliphatic rings. The molecule has 1 heterocycles. The average Bonchev–Trinajstić information content (AvgIpc) is 2.52. The van der Waals surface area contributed by atoms with Crippen LogP contribution in [0.15, 0.2) is 30.3 Å². The Balaban J connectivity index is 2.00. The molecule has 120 valence electrons. The van der Waals surface area contributed by atoms with Crippen LogP contribution in [-0.4, -0.2) is 41.0 Å². The van der Waals surface area contributed by atoms with Crippen molar-refractivity contribution < 1.29 is 14.7 Å². The largest absolute Gasteiger partial charge is 0.481 e. The summed E-state index contributed by atoms with van der Waals surface area (Å²) in [7, 11) is 0. The van der Waals surface area contributed by atoms with Crippen molar-refractivity contribution in [3.8, 4) is 0 Å². The predicted molar refractivity (Wildman–Crippen MR) is 84.2 cm³/mol. The van der Waals surface area contributed by atoms with Crippen LogP contribution in [-0.2, 0) is 16.1 Å². The smallest absolute Gasteiger partial charge is 0.308 e. The van der Waals surface area contributed by atoms with Crippen molar-refractivity contribution in [3.63, 3.8) is 0 Å². The Morgan fingerprint density at radius 1 is 1.27 bits per heavy atom. The van der Waals surface area contributed by atoms with Gasteiger partial charge in [0, 0.05) is 31.6 Å². The van der Waals surface area contributed by atoms with Crippen LogP contribution in [0.1, 0.15) is 25.8 Å². The normalized spacial score (nSPS) is 21.9. The van der Waals surface area contributed by atoms with Crippen LogP contribution in [0.5, 0.6) is 0 Å². The molecule has 1 aromatic carbocycles. The summed E-state index contributed by atoms with van der Waals surface area (Å²) in [6, 6.07) is 9.99. The second kappa shape index (κ2) is 7.40. The highest BCUT2D eigenvalue weighted by atomic mass is 16.4. The lowest BCUT2D eigenvalue weighted by Gasteiger charge is -2.37. The first kappa shape index (κ1) is 16.5. The van der Waals surface area contributed by atoms with Crippen LogP contribution >= 0.6 is 0 Å². The van der Waals surface area contributed by atoms with Gasteiger partial charge in [-0.2, -0.15) is 0 Å². The lowest BCUT2D eigenvalue weighted by Crippen LogP contribution is -2.53. The van der Waals surface area contributed by atoms with E-state index in [9.17, 15) is 14.7 Å². The van der Waals surface area contributed by atoms with Gasteiger partial charge in [-0.25, -0.2) is 0 Å². The number of carboxylic acid groups (broad SMARTS) is 1. The second-order valence-electron chi connectivity index (χ2n) is 6.23. The second-order valence-corrected chi connectivity index (χ2v) is 6.23. The Morgan fingerprint density at radius 2 is 1.95 bits per heavy atom. The van der Waals surface area contributed by atoms with Gasteiger partial charge in [-0.1, -0.05) is 44.2 Å². The number of benzene rings is 1. The Kier molecular flexibility index (Phi) is 5.55. The van der Waals surface area contributed by atoms with E-state index in [0.717, 1.165) is 5.56 Å². The molecular formula is C17H24N2O3. The van der Waals surface area contributed by atoms with E-state index in [0.29, 0.717) is 26.1 Å². The minimum absolute atomic E-state index is 0.0118. The van der Waals surface area contributed by atoms with Gasteiger partial charge in [0.05, 0.1) is 5.92 Å². The number of amides is 1. The zero-order valence-corrected chi connectivity index (χ0v) is 13.2. The molecule has 0 spiro atoms. The van der Waals surface area contributed by atoms with Gasteiger partial charge in [0.1, 0.15) is 0 Å². The van der Waals surface area contributed by atoms with E-state index in [1.54, 1.807) is 4.90 Å². The molecule has 2 rings (SSSR count). The van der Waals surface area contributed by atoms with Gasteiger partial charge in [-0.3, -0.25) is 9.59 Å². The number of aliphatic carboxylic acids is 1. The van der Waals surface area contributed by atoms with E-state index in [4.69, 9.17) is 0 Å². The van der Waals surface area contributed by atoms with E-state index in [1.165, 1.54) is 0 Å². The molecule has 5 nitrogen and oxygen atoms in total. The summed E-state index contributed by atoms with van der Waals surface area (Å²) < 4.78 is 0. The van der Waals surface area contributed by atoms with Crippen LogP contribution in [0.25, 0.3) is 0 Å². The Morgan fingerprint density at radius 3 is 2.55 bits per heavy atom. The van der Waals surface area contributed by atoms with Crippen molar-refractivity contribution in [1.82, 2.24) is 10.2 Å². The summed E-state index contributed by atoms with van der Waals surface area (Å²) in [5.74, 6) is -1.41. The average molecular weight is 304 g/mol. The van der Waals surface area contributed by atoms with Crippen molar-refractivity contribution in [2.75, 3.05) is 13.1 Å². The molecule has 5 heteroatoms. The van der Waals surface area contributed by atoms with Crippen molar-refractivity contribution >= 4 is 11.9 Å². The zero-order valence-electron chi connectivity index (χ0n) is 13.2. The molecule has 0 saturated carbocycles. The molecule has 2 N–H and O–H groups in total. The SMILES string of the molecule is CC(C)C(=O)N1CC(NCc2ccccc2)CC(C(=O)O)C1. The number of hydrogen-bond acceptors (Lipinski definition) is 3. The number of carbonyl (C=O) groups excluding carboxylic acids is 1. The number of carbonyl (C=O) groups is 2. The standard InChI is InChI=1S/C17H24N2O3/c1-12(2)16(20)19-10-14(17(21)22)8-15(11-19)18-9-13-6-4-3-5-7-13/h3-7,12,14-15,18H,8-11H2,1-2H3,(H,21,22). The van der Waals surface area contributed by atoms with E-state index in [2.05, 4.69) is 5.32 Å². The van der Waals surface area contributed by atoms with E-state index < -0.39 is 11.9 Å². The Hall–Kier alpha value is -1.88. The Labute approximate surface area is 131 Å². The van der Waals surface area contributed by atoms with Gasteiger partial charge in [0.25, 0.3) is 0 Å². The lowest BCUT2D eigenvalue weighted by molar-refractivity contribution is -0.147. The predicted octanol–water partition coefficient (Wildman–Crippen LogP) is 1.73. The third-order valence-corrected chi connectivity index (χ3v) is 4.04. The fourth-order valence-electron chi connectivity index (χ4n) is 2.83.